The van der Waals surface area contributed by atoms with Gasteiger partial charge < -0.3 is 10.2 Å². The molecule has 4 amide bonds. The second-order valence-corrected chi connectivity index (χ2v) is 8.68. The van der Waals surface area contributed by atoms with E-state index in [0.29, 0.717) is 36.2 Å². The smallest absolute Gasteiger partial charge is 0.331 e. The third kappa shape index (κ3) is 5.44. The summed E-state index contributed by atoms with van der Waals surface area (Å²) in [5.74, 6) is -0.181. The summed E-state index contributed by atoms with van der Waals surface area (Å²) >= 11 is 3.37. The molecule has 1 aromatic carbocycles. The van der Waals surface area contributed by atoms with Crippen LogP contribution in [-0.4, -0.2) is 47.4 Å². The van der Waals surface area contributed by atoms with Crippen LogP contribution in [-0.2, 0) is 4.79 Å². The van der Waals surface area contributed by atoms with Crippen molar-refractivity contribution < 1.29 is 14.4 Å². The van der Waals surface area contributed by atoms with Crippen molar-refractivity contribution >= 4 is 39.5 Å². The quantitative estimate of drug-likeness (QED) is 0.734. The molecule has 0 radical (unpaired) electrons. The number of nitrogens with zero attached hydrogens (tertiary/aromatic N) is 3. The van der Waals surface area contributed by atoms with Gasteiger partial charge in [0.15, 0.2) is 0 Å². The van der Waals surface area contributed by atoms with E-state index in [9.17, 15) is 14.4 Å². The normalized spacial score (nSPS) is 18.6. The summed E-state index contributed by atoms with van der Waals surface area (Å²) in [6, 6.07) is 9.86. The van der Waals surface area contributed by atoms with E-state index in [1.807, 2.05) is 0 Å². The first-order valence-corrected chi connectivity index (χ1v) is 10.7. The molecule has 1 aliphatic heterocycles. The lowest BCUT2D eigenvalue weighted by Gasteiger charge is -2.37. The molecule has 0 saturated carbocycles. The monoisotopic (exact) mass is 472 g/mol. The average Bonchev–Trinajstić information content (AvgIpc) is 2.73. The number of likely N-dealkylation sites (tertiary alicyclic amines) is 1. The van der Waals surface area contributed by atoms with Gasteiger partial charge in [-0.05, 0) is 54.7 Å². The number of hydrogen-bond donors (Lipinski definition) is 1. The fourth-order valence-electron chi connectivity index (χ4n) is 3.75. The predicted molar refractivity (Wildman–Crippen MR) is 118 cm³/mol. The summed E-state index contributed by atoms with van der Waals surface area (Å²) < 4.78 is 0.844. The zero-order chi connectivity index (χ0) is 21.7. The number of imide groups is 1. The molecule has 30 heavy (non-hydrogen) atoms. The van der Waals surface area contributed by atoms with E-state index in [2.05, 4.69) is 40.1 Å². The Hall–Kier alpha value is -2.74. The van der Waals surface area contributed by atoms with E-state index in [1.165, 1.54) is 6.20 Å². The number of pyridine rings is 1. The van der Waals surface area contributed by atoms with Gasteiger partial charge in [-0.25, -0.2) is 9.69 Å². The van der Waals surface area contributed by atoms with Crippen molar-refractivity contribution in [3.05, 3.63) is 58.8 Å². The van der Waals surface area contributed by atoms with Crippen LogP contribution in [0, 0.1) is 11.8 Å². The van der Waals surface area contributed by atoms with Gasteiger partial charge >= 0.3 is 6.03 Å². The molecule has 7 nitrogen and oxygen atoms in total. The van der Waals surface area contributed by atoms with Gasteiger partial charge in [0, 0.05) is 30.0 Å². The fraction of sp³-hybridized carbons (Fsp3) is 0.364. The van der Waals surface area contributed by atoms with Crippen molar-refractivity contribution in [1.29, 1.82) is 0 Å². The highest BCUT2D eigenvalue weighted by molar-refractivity contribution is 9.10. The van der Waals surface area contributed by atoms with Gasteiger partial charge in [0.05, 0.1) is 17.8 Å². The van der Waals surface area contributed by atoms with Crippen LogP contribution in [0.2, 0.25) is 0 Å². The summed E-state index contributed by atoms with van der Waals surface area (Å²) in [6.45, 7) is 5.12. The summed E-state index contributed by atoms with van der Waals surface area (Å²) in [4.78, 5) is 45.4. The maximum absolute atomic E-state index is 13.3. The molecule has 2 atom stereocenters. The third-order valence-electron chi connectivity index (χ3n) is 4.99. The number of benzene rings is 1. The summed E-state index contributed by atoms with van der Waals surface area (Å²) in [5.41, 5.74) is 0.820. The maximum atomic E-state index is 13.3. The van der Waals surface area contributed by atoms with Crippen molar-refractivity contribution in [2.75, 3.05) is 24.5 Å². The molecule has 1 saturated heterocycles. The Kier molecular flexibility index (Phi) is 7.20. The predicted octanol–water partition coefficient (Wildman–Crippen LogP) is 3.71. The minimum absolute atomic E-state index is 0.297. The topological polar surface area (TPSA) is 82.6 Å². The lowest BCUT2D eigenvalue weighted by molar-refractivity contribution is -0.117. The van der Waals surface area contributed by atoms with Crippen molar-refractivity contribution in [3.8, 4) is 0 Å². The standard InChI is InChI=1S/C22H25BrN4O3/c1-15-10-16(2)14-26(13-15)22(30)27(19-7-5-18(23)6-8-19)20(28)12-25-21(29)17-4-3-9-24-11-17/h3-9,11,15-16H,10,12-14H2,1-2H3,(H,25,29)/t15-,16+. The number of aromatic nitrogens is 1. The van der Waals surface area contributed by atoms with E-state index in [-0.39, 0.29) is 12.6 Å². The molecule has 0 unspecified atom stereocenters. The highest BCUT2D eigenvalue weighted by Crippen LogP contribution is 2.25. The number of carbonyl (C=O) groups excluding carboxylic acids is 3. The molecule has 2 heterocycles. The number of urea groups is 1. The molecule has 3 rings (SSSR count). The van der Waals surface area contributed by atoms with Crippen LogP contribution in [0.25, 0.3) is 0 Å². The van der Waals surface area contributed by atoms with Gasteiger partial charge in [0.1, 0.15) is 0 Å². The van der Waals surface area contributed by atoms with E-state index in [1.54, 1.807) is 47.5 Å². The number of nitrogens with one attached hydrogen (secondary N) is 1. The number of amides is 4. The highest BCUT2D eigenvalue weighted by atomic mass is 79.9. The Morgan fingerprint density at radius 2 is 1.80 bits per heavy atom. The Balaban J connectivity index is 1.78. The second kappa shape index (κ2) is 9.84. The van der Waals surface area contributed by atoms with Gasteiger partial charge in [-0.1, -0.05) is 29.8 Å². The fourth-order valence-corrected chi connectivity index (χ4v) is 4.01. The zero-order valence-corrected chi connectivity index (χ0v) is 18.6. The van der Waals surface area contributed by atoms with Crippen LogP contribution < -0.4 is 10.2 Å². The highest BCUT2D eigenvalue weighted by Gasteiger charge is 2.32. The van der Waals surface area contributed by atoms with Crippen LogP contribution in [0.1, 0.15) is 30.6 Å². The minimum Gasteiger partial charge on any atom is -0.343 e. The summed E-state index contributed by atoms with van der Waals surface area (Å²) in [5, 5.41) is 2.59. The molecule has 1 aliphatic rings. The number of carbonyl (C=O) groups is 3. The Morgan fingerprint density at radius 1 is 1.13 bits per heavy atom. The number of piperidine rings is 1. The summed E-state index contributed by atoms with van der Waals surface area (Å²) in [7, 11) is 0. The first-order chi connectivity index (χ1) is 14.3. The van der Waals surface area contributed by atoms with Crippen LogP contribution in [0.15, 0.2) is 53.3 Å². The molecule has 2 aromatic rings. The van der Waals surface area contributed by atoms with Crippen LogP contribution >= 0.6 is 15.9 Å². The van der Waals surface area contributed by atoms with Gasteiger partial charge in [0.25, 0.3) is 11.8 Å². The molecule has 1 N–H and O–H groups in total. The van der Waals surface area contributed by atoms with Crippen molar-refractivity contribution in [3.63, 3.8) is 0 Å². The van der Waals surface area contributed by atoms with E-state index < -0.39 is 11.8 Å². The van der Waals surface area contributed by atoms with Crippen molar-refractivity contribution in [2.45, 2.75) is 20.3 Å². The average molecular weight is 473 g/mol. The SMILES string of the molecule is C[C@@H]1C[C@H](C)CN(C(=O)N(C(=O)CNC(=O)c2cccnc2)c2ccc(Br)cc2)C1. The number of rotatable bonds is 4. The first kappa shape index (κ1) is 22.0. The lowest BCUT2D eigenvalue weighted by Crippen LogP contribution is -2.53. The van der Waals surface area contributed by atoms with E-state index in [4.69, 9.17) is 0 Å². The van der Waals surface area contributed by atoms with Gasteiger partial charge in [-0.15, -0.1) is 0 Å². The van der Waals surface area contributed by atoms with E-state index >= 15 is 0 Å². The molecule has 158 valence electrons. The van der Waals surface area contributed by atoms with Crippen LogP contribution in [0.5, 0.6) is 0 Å². The van der Waals surface area contributed by atoms with Crippen molar-refractivity contribution in [1.82, 2.24) is 15.2 Å². The third-order valence-corrected chi connectivity index (χ3v) is 5.52. The minimum atomic E-state index is -0.495. The molecule has 1 fully saturated rings. The molecule has 8 heteroatoms. The molecular formula is C22H25BrN4O3. The number of anilines is 1. The Bertz CT molecular complexity index is 894. The number of halogens is 1. The zero-order valence-electron chi connectivity index (χ0n) is 17.0. The lowest BCUT2D eigenvalue weighted by atomic mass is 9.92. The van der Waals surface area contributed by atoms with Gasteiger partial charge in [-0.3, -0.25) is 14.6 Å². The van der Waals surface area contributed by atoms with E-state index in [0.717, 1.165) is 15.8 Å². The Morgan fingerprint density at radius 3 is 2.40 bits per heavy atom. The molecule has 1 aromatic heterocycles. The molecule has 0 bridgehead atoms. The van der Waals surface area contributed by atoms with Crippen molar-refractivity contribution in [2.24, 2.45) is 11.8 Å². The van der Waals surface area contributed by atoms with Gasteiger partial charge in [-0.2, -0.15) is 0 Å². The van der Waals surface area contributed by atoms with Crippen LogP contribution in [0.3, 0.4) is 0 Å². The molecule has 0 spiro atoms. The van der Waals surface area contributed by atoms with Crippen LogP contribution in [0.4, 0.5) is 10.5 Å². The number of hydrogen-bond acceptors (Lipinski definition) is 4. The summed E-state index contributed by atoms with van der Waals surface area (Å²) in [6.07, 6.45) is 4.04. The largest absolute Gasteiger partial charge is 0.343 e. The Labute approximate surface area is 184 Å². The second-order valence-electron chi connectivity index (χ2n) is 7.76. The van der Waals surface area contributed by atoms with Gasteiger partial charge in [0.2, 0.25) is 0 Å². The first-order valence-electron chi connectivity index (χ1n) is 9.90. The molecule has 0 aliphatic carbocycles. The maximum Gasteiger partial charge on any atom is 0.331 e. The molecular weight excluding hydrogens is 448 g/mol.